The fourth-order valence-electron chi connectivity index (χ4n) is 3.28. The molecule has 6 nitrogen and oxygen atoms in total. The second kappa shape index (κ2) is 8.44. The van der Waals surface area contributed by atoms with Gasteiger partial charge < -0.3 is 20.7 Å². The van der Waals surface area contributed by atoms with Crippen LogP contribution < -0.4 is 16.0 Å². The van der Waals surface area contributed by atoms with Gasteiger partial charge in [-0.15, -0.1) is 0 Å². The van der Waals surface area contributed by atoms with Crippen molar-refractivity contribution in [2.75, 3.05) is 17.2 Å². The van der Waals surface area contributed by atoms with Crippen LogP contribution in [-0.2, 0) is 14.3 Å². The maximum atomic E-state index is 12.7. The number of anilines is 2. The molecule has 2 atom stereocenters. The summed E-state index contributed by atoms with van der Waals surface area (Å²) in [5.41, 5.74) is 2.44. The highest BCUT2D eigenvalue weighted by molar-refractivity contribution is 5.94. The molecule has 0 unspecified atom stereocenters. The molecule has 146 valence electrons. The predicted octanol–water partition coefficient (Wildman–Crippen LogP) is 3.24. The van der Waals surface area contributed by atoms with E-state index in [0.29, 0.717) is 18.3 Å². The largest absolute Gasteiger partial charge is 0.370 e. The van der Waals surface area contributed by atoms with Crippen LogP contribution >= 0.6 is 0 Å². The van der Waals surface area contributed by atoms with Crippen LogP contribution in [0.15, 0.2) is 54.6 Å². The Morgan fingerprint density at radius 2 is 1.64 bits per heavy atom. The number of hydrogen-bond acceptors (Lipinski definition) is 4. The van der Waals surface area contributed by atoms with Crippen molar-refractivity contribution in [3.8, 4) is 0 Å². The second-order valence-corrected chi connectivity index (χ2v) is 7.34. The Morgan fingerprint density at radius 3 is 2.29 bits per heavy atom. The standard InChI is InChI=1S/C22H25N3O3/c26-21(19-7-4-14-28-19)24-17-10-8-16(9-11-17)23-20(15-5-2-1-3-6-15)22(27)25-18-12-13-18/h1-3,5-6,8-11,18-20,23H,4,7,12-14H2,(H,24,26)(H,25,27)/t19-,20-/m0/s1. The highest BCUT2D eigenvalue weighted by Gasteiger charge is 2.28. The topological polar surface area (TPSA) is 79.5 Å². The molecule has 2 amide bonds. The highest BCUT2D eigenvalue weighted by Crippen LogP contribution is 2.25. The van der Waals surface area contributed by atoms with E-state index >= 15 is 0 Å². The van der Waals surface area contributed by atoms with Gasteiger partial charge >= 0.3 is 0 Å². The van der Waals surface area contributed by atoms with E-state index in [-0.39, 0.29) is 17.9 Å². The zero-order valence-corrected chi connectivity index (χ0v) is 15.7. The van der Waals surface area contributed by atoms with Crippen LogP contribution in [0.2, 0.25) is 0 Å². The number of nitrogens with one attached hydrogen (secondary N) is 3. The van der Waals surface area contributed by atoms with Gasteiger partial charge in [0.05, 0.1) is 0 Å². The third-order valence-electron chi connectivity index (χ3n) is 5.00. The Labute approximate surface area is 164 Å². The van der Waals surface area contributed by atoms with Crippen molar-refractivity contribution in [1.82, 2.24) is 5.32 Å². The minimum Gasteiger partial charge on any atom is -0.370 e. The quantitative estimate of drug-likeness (QED) is 0.690. The number of benzene rings is 2. The Hall–Kier alpha value is -2.86. The lowest BCUT2D eigenvalue weighted by Crippen LogP contribution is -2.34. The number of amides is 2. The Balaban J connectivity index is 1.42. The summed E-state index contributed by atoms with van der Waals surface area (Å²) in [5, 5.41) is 9.27. The summed E-state index contributed by atoms with van der Waals surface area (Å²) < 4.78 is 5.41. The Bertz CT molecular complexity index is 813. The van der Waals surface area contributed by atoms with Crippen LogP contribution in [0.1, 0.15) is 37.3 Å². The molecule has 1 saturated heterocycles. The predicted molar refractivity (Wildman–Crippen MR) is 108 cm³/mol. The SMILES string of the molecule is O=C(Nc1ccc(N[C@H](C(=O)NC2CC2)c2ccccc2)cc1)[C@@H]1CCCO1. The van der Waals surface area contributed by atoms with E-state index < -0.39 is 6.04 Å². The summed E-state index contributed by atoms with van der Waals surface area (Å²) in [7, 11) is 0. The van der Waals surface area contributed by atoms with Gasteiger partial charge in [0.15, 0.2) is 0 Å². The van der Waals surface area contributed by atoms with Crippen molar-refractivity contribution < 1.29 is 14.3 Å². The molecule has 28 heavy (non-hydrogen) atoms. The molecule has 1 aliphatic carbocycles. The first-order valence-corrected chi connectivity index (χ1v) is 9.83. The van der Waals surface area contributed by atoms with Gasteiger partial charge in [-0.1, -0.05) is 30.3 Å². The molecule has 2 aromatic rings. The summed E-state index contributed by atoms with van der Waals surface area (Å²) in [6, 6.07) is 16.9. The number of hydrogen-bond donors (Lipinski definition) is 3. The fraction of sp³-hybridized carbons (Fsp3) is 0.364. The second-order valence-electron chi connectivity index (χ2n) is 7.34. The fourth-order valence-corrected chi connectivity index (χ4v) is 3.28. The third-order valence-corrected chi connectivity index (χ3v) is 5.00. The van der Waals surface area contributed by atoms with Crippen molar-refractivity contribution in [3.05, 3.63) is 60.2 Å². The lowest BCUT2D eigenvalue weighted by Gasteiger charge is -2.20. The summed E-state index contributed by atoms with van der Waals surface area (Å²) in [5.74, 6) is -0.131. The molecule has 0 aromatic heterocycles. The molecule has 0 radical (unpaired) electrons. The van der Waals surface area contributed by atoms with Gasteiger partial charge in [0.2, 0.25) is 5.91 Å². The molecule has 6 heteroatoms. The van der Waals surface area contributed by atoms with Crippen molar-refractivity contribution in [2.24, 2.45) is 0 Å². The van der Waals surface area contributed by atoms with Gasteiger partial charge in [-0.2, -0.15) is 0 Å². The number of carbonyl (C=O) groups is 2. The van der Waals surface area contributed by atoms with Crippen LogP contribution in [0.5, 0.6) is 0 Å². The first-order chi connectivity index (χ1) is 13.7. The first-order valence-electron chi connectivity index (χ1n) is 9.83. The smallest absolute Gasteiger partial charge is 0.253 e. The molecule has 4 rings (SSSR count). The summed E-state index contributed by atoms with van der Waals surface area (Å²) in [6.45, 7) is 0.644. The molecule has 1 aliphatic heterocycles. The van der Waals surface area contributed by atoms with Crippen molar-refractivity contribution in [2.45, 2.75) is 43.9 Å². The number of carbonyl (C=O) groups excluding carboxylic acids is 2. The summed E-state index contributed by atoms with van der Waals surface area (Å²) >= 11 is 0. The molecular weight excluding hydrogens is 354 g/mol. The van der Waals surface area contributed by atoms with Crippen LogP contribution in [0.25, 0.3) is 0 Å². The first kappa shape index (κ1) is 18.5. The molecule has 1 saturated carbocycles. The van der Waals surface area contributed by atoms with Gasteiger partial charge in [-0.3, -0.25) is 9.59 Å². The molecule has 3 N–H and O–H groups in total. The molecule has 1 heterocycles. The van der Waals surface area contributed by atoms with E-state index in [9.17, 15) is 9.59 Å². The van der Waals surface area contributed by atoms with Gasteiger partial charge in [-0.05, 0) is 55.5 Å². The molecule has 2 fully saturated rings. The zero-order valence-electron chi connectivity index (χ0n) is 15.7. The molecule has 0 bridgehead atoms. The van der Waals surface area contributed by atoms with E-state index in [0.717, 1.165) is 36.9 Å². The highest BCUT2D eigenvalue weighted by atomic mass is 16.5. The van der Waals surface area contributed by atoms with Crippen molar-refractivity contribution in [1.29, 1.82) is 0 Å². The average molecular weight is 379 g/mol. The van der Waals surface area contributed by atoms with E-state index in [1.807, 2.05) is 54.6 Å². The lowest BCUT2D eigenvalue weighted by atomic mass is 10.1. The zero-order chi connectivity index (χ0) is 19.3. The lowest BCUT2D eigenvalue weighted by molar-refractivity contribution is -0.124. The third kappa shape index (κ3) is 4.70. The van der Waals surface area contributed by atoms with E-state index in [2.05, 4.69) is 16.0 Å². The minimum absolute atomic E-state index is 0.0236. The van der Waals surface area contributed by atoms with Gasteiger partial charge in [-0.25, -0.2) is 0 Å². The van der Waals surface area contributed by atoms with Gasteiger partial charge in [0.1, 0.15) is 12.1 Å². The molecule has 2 aliphatic rings. The molecule has 2 aromatic carbocycles. The maximum Gasteiger partial charge on any atom is 0.253 e. The minimum atomic E-state index is -0.464. The van der Waals surface area contributed by atoms with Crippen molar-refractivity contribution in [3.63, 3.8) is 0 Å². The number of ether oxygens (including phenoxy) is 1. The van der Waals surface area contributed by atoms with Crippen molar-refractivity contribution >= 4 is 23.2 Å². The molecule has 0 spiro atoms. The van der Waals surface area contributed by atoms with Crippen LogP contribution in [-0.4, -0.2) is 30.6 Å². The Kier molecular flexibility index (Phi) is 5.58. The van der Waals surface area contributed by atoms with Crippen LogP contribution in [0.4, 0.5) is 11.4 Å². The summed E-state index contributed by atoms with van der Waals surface area (Å²) in [4.78, 5) is 24.9. The van der Waals surface area contributed by atoms with Gasteiger partial charge in [0.25, 0.3) is 5.91 Å². The summed E-state index contributed by atoms with van der Waals surface area (Å²) in [6.07, 6.45) is 3.43. The van der Waals surface area contributed by atoms with Crippen LogP contribution in [0, 0.1) is 0 Å². The monoisotopic (exact) mass is 379 g/mol. The Morgan fingerprint density at radius 1 is 0.929 bits per heavy atom. The van der Waals surface area contributed by atoms with E-state index in [4.69, 9.17) is 4.74 Å². The normalized spacial score (nSPS) is 19.6. The maximum absolute atomic E-state index is 12.7. The number of rotatable bonds is 7. The van der Waals surface area contributed by atoms with E-state index in [1.165, 1.54) is 0 Å². The van der Waals surface area contributed by atoms with Gasteiger partial charge in [0, 0.05) is 24.0 Å². The average Bonchev–Trinajstić information content (AvgIpc) is 3.35. The van der Waals surface area contributed by atoms with E-state index in [1.54, 1.807) is 0 Å². The van der Waals surface area contributed by atoms with Crippen LogP contribution in [0.3, 0.4) is 0 Å². The molecular formula is C22H25N3O3.